The van der Waals surface area contributed by atoms with Gasteiger partial charge in [-0.2, -0.15) is 0 Å². The molecule has 0 aliphatic carbocycles. The van der Waals surface area contributed by atoms with Gasteiger partial charge in [0.15, 0.2) is 8.87 Å². The molecule has 0 aromatic carbocycles. The van der Waals surface area contributed by atoms with Gasteiger partial charge in [0.05, 0.1) is 4.75 Å². The molecule has 7 heteroatoms. The first-order valence-electron chi connectivity index (χ1n) is 3.35. The summed E-state index contributed by atoms with van der Waals surface area (Å²) in [4.78, 5) is 10.2. The Morgan fingerprint density at radius 2 is 2.00 bits per heavy atom. The Morgan fingerprint density at radius 1 is 1.54 bits per heavy atom. The van der Waals surface area contributed by atoms with Crippen molar-refractivity contribution < 1.29 is 17.9 Å². The van der Waals surface area contributed by atoms with Crippen LogP contribution in [0, 0.1) is 0 Å². The van der Waals surface area contributed by atoms with Gasteiger partial charge in [-0.25, -0.2) is 13.2 Å². The van der Waals surface area contributed by atoms with E-state index < -0.39 is 19.0 Å². The first-order valence-corrected chi connectivity index (χ1v) is 6.95. The van der Waals surface area contributed by atoms with E-state index in [1.807, 2.05) is 0 Å². The maximum atomic E-state index is 10.9. The molecular weight excluding hydrogens is 236 g/mol. The lowest BCUT2D eigenvalue weighted by molar-refractivity contribution is 0.165. The normalized spacial score (nSPS) is 12.6. The number of halogens is 1. The summed E-state index contributed by atoms with van der Waals surface area (Å²) in [6.07, 6.45) is 1.10. The van der Waals surface area contributed by atoms with Crippen molar-refractivity contribution in [3.05, 3.63) is 0 Å². The van der Waals surface area contributed by atoms with E-state index in [1.54, 1.807) is 13.8 Å². The summed E-state index contributed by atoms with van der Waals surface area (Å²) in [7, 11) is -2.41. The summed E-state index contributed by atoms with van der Waals surface area (Å²) in [5.74, 6) is 0. The zero-order valence-corrected chi connectivity index (χ0v) is 9.92. The van der Waals surface area contributed by atoms with Crippen LogP contribution in [0.25, 0.3) is 0 Å². The number of hydrogen-bond acceptors (Lipinski definition) is 5. The van der Waals surface area contributed by atoms with Gasteiger partial charge in [0.1, 0.15) is 6.61 Å². The molecule has 0 aromatic rings. The molecule has 0 fully saturated rings. The van der Waals surface area contributed by atoms with Crippen molar-refractivity contribution in [1.29, 1.82) is 0 Å². The Balaban J connectivity index is 4.17. The number of hydrogen-bond donors (Lipinski definition) is 0. The van der Waals surface area contributed by atoms with Gasteiger partial charge in [-0.15, -0.1) is 0 Å². The minimum atomic E-state index is -3.15. The Bertz CT molecular complexity index is 283. The summed E-state index contributed by atoms with van der Waals surface area (Å²) >= 11 is 4.94. The van der Waals surface area contributed by atoms with E-state index in [0.717, 1.165) is 17.0 Å². The molecule has 0 aliphatic heterocycles. The summed E-state index contributed by atoms with van der Waals surface area (Å²) in [5, 5.41) is 0. The van der Waals surface area contributed by atoms with E-state index in [0.29, 0.717) is 0 Å². The fourth-order valence-electron chi connectivity index (χ4n) is 0.664. The highest BCUT2D eigenvalue weighted by Gasteiger charge is 2.26. The van der Waals surface area contributed by atoms with Crippen LogP contribution in [0.15, 0.2) is 0 Å². The van der Waals surface area contributed by atoms with Crippen molar-refractivity contribution in [2.24, 2.45) is 0 Å². The minimum Gasteiger partial charge on any atom is -0.452 e. The lowest BCUT2D eigenvalue weighted by Gasteiger charge is -2.20. The van der Waals surface area contributed by atoms with Crippen molar-refractivity contribution in [3.63, 3.8) is 0 Å². The molecule has 0 atom stereocenters. The highest BCUT2D eigenvalue weighted by atomic mass is 35.5. The van der Waals surface area contributed by atoms with Gasteiger partial charge in [-0.1, -0.05) is 0 Å². The van der Waals surface area contributed by atoms with Gasteiger partial charge in [-0.05, 0) is 24.6 Å². The Morgan fingerprint density at radius 3 is 2.31 bits per heavy atom. The number of rotatable bonds is 4. The third kappa shape index (κ3) is 8.39. The number of carbonyl (C=O) groups excluding carboxylic acids is 1. The SMILES string of the molecule is CC(C)(COC(=O)Cl)SS(C)(=O)=O. The predicted molar refractivity (Wildman–Crippen MR) is 53.7 cm³/mol. The third-order valence-corrected chi connectivity index (χ3v) is 4.15. The molecule has 0 aliphatic rings. The largest absolute Gasteiger partial charge is 0.452 e. The molecule has 0 spiro atoms. The number of ether oxygens (including phenoxy) is 1. The van der Waals surface area contributed by atoms with Crippen molar-refractivity contribution in [2.45, 2.75) is 18.6 Å². The van der Waals surface area contributed by atoms with E-state index in [9.17, 15) is 13.2 Å². The summed E-state index contributed by atoms with van der Waals surface area (Å²) in [6, 6.07) is 0. The van der Waals surface area contributed by atoms with Gasteiger partial charge in [0.25, 0.3) is 0 Å². The third-order valence-electron chi connectivity index (χ3n) is 0.910. The molecule has 13 heavy (non-hydrogen) atoms. The van der Waals surface area contributed by atoms with Gasteiger partial charge in [0, 0.05) is 17.9 Å². The van der Waals surface area contributed by atoms with Crippen molar-refractivity contribution in [1.82, 2.24) is 0 Å². The summed E-state index contributed by atoms with van der Waals surface area (Å²) < 4.78 is 25.6. The van der Waals surface area contributed by atoms with Gasteiger partial charge in [-0.3, -0.25) is 0 Å². The second-order valence-electron chi connectivity index (χ2n) is 3.07. The molecule has 0 heterocycles. The summed E-state index contributed by atoms with van der Waals surface area (Å²) in [5.41, 5.74) is -0.929. The highest BCUT2D eigenvalue weighted by molar-refractivity contribution is 8.72. The maximum Gasteiger partial charge on any atom is 0.403 e. The molecule has 0 aromatic heterocycles. The first kappa shape index (κ1) is 13.1. The van der Waals surface area contributed by atoms with E-state index >= 15 is 0 Å². The zero-order valence-electron chi connectivity index (χ0n) is 7.53. The van der Waals surface area contributed by atoms with Crippen molar-refractivity contribution in [3.8, 4) is 0 Å². The highest BCUT2D eigenvalue weighted by Crippen LogP contribution is 2.29. The van der Waals surface area contributed by atoms with Gasteiger partial charge >= 0.3 is 5.43 Å². The second-order valence-corrected chi connectivity index (χ2v) is 8.38. The smallest absolute Gasteiger partial charge is 0.403 e. The average molecular weight is 247 g/mol. The summed E-state index contributed by atoms with van der Waals surface area (Å²) in [6.45, 7) is 3.27. The molecule has 0 saturated heterocycles. The first-order chi connectivity index (χ1) is 5.62. The van der Waals surface area contributed by atoms with Gasteiger partial charge in [0.2, 0.25) is 0 Å². The van der Waals surface area contributed by atoms with Crippen LogP contribution < -0.4 is 0 Å². The van der Waals surface area contributed by atoms with Gasteiger partial charge < -0.3 is 4.74 Å². The predicted octanol–water partition coefficient (Wildman–Crippen LogP) is 1.83. The van der Waals surface area contributed by atoms with Crippen LogP contribution in [-0.4, -0.2) is 31.5 Å². The molecule has 0 N–H and O–H groups in total. The fourth-order valence-corrected chi connectivity index (χ4v) is 4.25. The van der Waals surface area contributed by atoms with Crippen LogP contribution in [0.4, 0.5) is 4.79 Å². The quantitative estimate of drug-likeness (QED) is 0.560. The Kier molecular flexibility index (Phi) is 4.54. The zero-order chi connectivity index (χ0) is 10.7. The molecule has 0 saturated carbocycles. The standard InChI is InChI=1S/C6H11ClO4S2/c1-6(2,4-11-5(7)8)12-13(3,9)10/h4H2,1-3H3. The van der Waals surface area contributed by atoms with Crippen LogP contribution in [0.3, 0.4) is 0 Å². The van der Waals surface area contributed by atoms with Crippen LogP contribution in [0.2, 0.25) is 0 Å². The van der Waals surface area contributed by atoms with E-state index in [1.165, 1.54) is 0 Å². The maximum absolute atomic E-state index is 10.9. The average Bonchev–Trinajstić information content (AvgIpc) is 1.78. The lowest BCUT2D eigenvalue weighted by Crippen LogP contribution is -2.25. The van der Waals surface area contributed by atoms with Crippen LogP contribution in [0.1, 0.15) is 13.8 Å². The number of carbonyl (C=O) groups is 1. The van der Waals surface area contributed by atoms with Crippen LogP contribution in [0.5, 0.6) is 0 Å². The molecule has 0 rings (SSSR count). The molecule has 0 radical (unpaired) electrons. The minimum absolute atomic E-state index is 0.0347. The topological polar surface area (TPSA) is 60.4 Å². The molecule has 4 nitrogen and oxygen atoms in total. The molecule has 0 amide bonds. The lowest BCUT2D eigenvalue weighted by atomic mass is 10.2. The van der Waals surface area contributed by atoms with E-state index in [2.05, 4.69) is 4.74 Å². The fraction of sp³-hybridized carbons (Fsp3) is 0.833. The Hall–Kier alpha value is 0.0600. The molecule has 0 bridgehead atoms. The van der Waals surface area contributed by atoms with E-state index in [4.69, 9.17) is 11.6 Å². The van der Waals surface area contributed by atoms with Crippen LogP contribution >= 0.6 is 22.4 Å². The molecule has 78 valence electrons. The second kappa shape index (κ2) is 4.52. The molecule has 0 unspecified atom stereocenters. The Labute approximate surface area is 86.3 Å². The van der Waals surface area contributed by atoms with E-state index in [-0.39, 0.29) is 6.61 Å². The van der Waals surface area contributed by atoms with Crippen LogP contribution in [-0.2, 0) is 13.6 Å². The monoisotopic (exact) mass is 246 g/mol. The van der Waals surface area contributed by atoms with Crippen molar-refractivity contribution in [2.75, 3.05) is 12.9 Å². The van der Waals surface area contributed by atoms with Crippen molar-refractivity contribution >= 4 is 36.7 Å². The molecular formula is C6H11ClO4S2.